The van der Waals surface area contributed by atoms with Crippen LogP contribution in [0.1, 0.15) is 28.8 Å². The van der Waals surface area contributed by atoms with Gasteiger partial charge < -0.3 is 24.8 Å². The summed E-state index contributed by atoms with van der Waals surface area (Å²) in [6.07, 6.45) is 4.95. The van der Waals surface area contributed by atoms with Crippen molar-refractivity contribution < 1.29 is 23.8 Å². The molecule has 32 heavy (non-hydrogen) atoms. The molecule has 0 saturated carbocycles. The SMILES string of the molecule is COc1cc(/C=C/C(=O)Nc2ccccc2C(=O)NCC2CCCO2)ccc1OCC#N. The van der Waals surface area contributed by atoms with E-state index in [1.54, 1.807) is 48.5 Å². The standard InChI is InChI=1S/C24H25N3O5/c1-30-22-15-17(8-10-21(22)32-14-12-25)9-11-23(28)27-20-7-3-2-6-19(20)24(29)26-16-18-5-4-13-31-18/h2-3,6-11,15,18H,4-5,13-14,16H2,1H3,(H,26,29)(H,27,28)/b11-9+. The van der Waals surface area contributed by atoms with Crippen LogP contribution in [0.25, 0.3) is 6.08 Å². The number of nitriles is 1. The third-order valence-corrected chi connectivity index (χ3v) is 4.85. The van der Waals surface area contributed by atoms with Crippen molar-refractivity contribution >= 4 is 23.6 Å². The van der Waals surface area contributed by atoms with E-state index in [-0.39, 0.29) is 24.5 Å². The third kappa shape index (κ3) is 6.33. The molecular weight excluding hydrogens is 410 g/mol. The van der Waals surface area contributed by atoms with E-state index in [1.807, 2.05) is 6.07 Å². The Kier molecular flexibility index (Phi) is 8.23. The number of anilines is 1. The van der Waals surface area contributed by atoms with Crippen molar-refractivity contribution in [3.63, 3.8) is 0 Å². The summed E-state index contributed by atoms with van der Waals surface area (Å²) in [5.41, 5.74) is 1.52. The van der Waals surface area contributed by atoms with Crippen LogP contribution in [-0.2, 0) is 9.53 Å². The van der Waals surface area contributed by atoms with Crippen LogP contribution >= 0.6 is 0 Å². The number of nitrogens with zero attached hydrogens (tertiary/aromatic N) is 1. The Morgan fingerprint density at radius 3 is 2.84 bits per heavy atom. The molecule has 2 aromatic rings. The summed E-state index contributed by atoms with van der Waals surface area (Å²) < 4.78 is 16.1. The topological polar surface area (TPSA) is 110 Å². The molecule has 0 bridgehead atoms. The van der Waals surface area contributed by atoms with Gasteiger partial charge >= 0.3 is 0 Å². The first-order valence-corrected chi connectivity index (χ1v) is 10.3. The highest BCUT2D eigenvalue weighted by Crippen LogP contribution is 2.28. The molecule has 166 valence electrons. The molecule has 8 nitrogen and oxygen atoms in total. The van der Waals surface area contributed by atoms with Gasteiger partial charge in [-0.25, -0.2) is 0 Å². The van der Waals surface area contributed by atoms with Gasteiger partial charge in [-0.05, 0) is 48.7 Å². The van der Waals surface area contributed by atoms with Gasteiger partial charge in [0.1, 0.15) is 6.07 Å². The predicted octanol–water partition coefficient (Wildman–Crippen LogP) is 3.16. The predicted molar refractivity (Wildman–Crippen MR) is 120 cm³/mol. The zero-order valence-corrected chi connectivity index (χ0v) is 17.8. The summed E-state index contributed by atoms with van der Waals surface area (Å²) in [6.45, 7) is 1.08. The number of rotatable bonds is 9. The van der Waals surface area contributed by atoms with Crippen molar-refractivity contribution in [2.45, 2.75) is 18.9 Å². The summed E-state index contributed by atoms with van der Waals surface area (Å²) in [5.74, 6) is 0.251. The maximum absolute atomic E-state index is 12.6. The second-order valence-corrected chi connectivity index (χ2v) is 7.07. The summed E-state index contributed by atoms with van der Waals surface area (Å²) in [4.78, 5) is 25.0. The second-order valence-electron chi connectivity index (χ2n) is 7.07. The molecule has 3 rings (SSSR count). The molecule has 0 aromatic heterocycles. The van der Waals surface area contributed by atoms with E-state index in [2.05, 4.69) is 10.6 Å². The molecule has 0 aliphatic carbocycles. The van der Waals surface area contributed by atoms with Crippen LogP contribution in [0.2, 0.25) is 0 Å². The Labute approximate surface area is 186 Å². The number of ether oxygens (including phenoxy) is 3. The van der Waals surface area contributed by atoms with Crippen LogP contribution < -0.4 is 20.1 Å². The highest BCUT2D eigenvalue weighted by Gasteiger charge is 2.18. The minimum absolute atomic E-state index is 0.0392. The van der Waals surface area contributed by atoms with Crippen LogP contribution in [0.15, 0.2) is 48.5 Å². The third-order valence-electron chi connectivity index (χ3n) is 4.85. The number of para-hydroxylation sites is 1. The first-order valence-electron chi connectivity index (χ1n) is 10.3. The van der Waals surface area contributed by atoms with E-state index in [4.69, 9.17) is 19.5 Å². The average Bonchev–Trinajstić information content (AvgIpc) is 3.34. The number of carbonyl (C=O) groups is 2. The van der Waals surface area contributed by atoms with Crippen LogP contribution in [0.3, 0.4) is 0 Å². The van der Waals surface area contributed by atoms with Crippen molar-refractivity contribution in [1.29, 1.82) is 5.26 Å². The van der Waals surface area contributed by atoms with Crippen LogP contribution in [0.4, 0.5) is 5.69 Å². The Morgan fingerprint density at radius 2 is 2.09 bits per heavy atom. The van der Waals surface area contributed by atoms with Gasteiger partial charge in [-0.2, -0.15) is 5.26 Å². The Hall–Kier alpha value is -3.83. The van der Waals surface area contributed by atoms with Crippen LogP contribution in [0, 0.1) is 11.3 Å². The maximum atomic E-state index is 12.6. The van der Waals surface area contributed by atoms with E-state index in [1.165, 1.54) is 13.2 Å². The van der Waals surface area contributed by atoms with Gasteiger partial charge in [0.05, 0.1) is 24.5 Å². The molecule has 2 N–H and O–H groups in total. The molecule has 2 aromatic carbocycles. The van der Waals surface area contributed by atoms with Gasteiger partial charge in [0, 0.05) is 19.2 Å². The van der Waals surface area contributed by atoms with Crippen molar-refractivity contribution in [3.05, 3.63) is 59.7 Å². The van der Waals surface area contributed by atoms with Crippen molar-refractivity contribution in [1.82, 2.24) is 5.32 Å². The fourth-order valence-corrected chi connectivity index (χ4v) is 3.26. The largest absolute Gasteiger partial charge is 0.493 e. The van der Waals surface area contributed by atoms with Gasteiger partial charge in [0.15, 0.2) is 18.1 Å². The molecule has 1 saturated heterocycles. The number of methoxy groups -OCH3 is 1. The summed E-state index contributed by atoms with van der Waals surface area (Å²) in [7, 11) is 1.50. The number of hydrogen-bond donors (Lipinski definition) is 2. The lowest BCUT2D eigenvalue weighted by molar-refractivity contribution is -0.111. The first kappa shape index (κ1) is 22.8. The zero-order valence-electron chi connectivity index (χ0n) is 17.8. The fourth-order valence-electron chi connectivity index (χ4n) is 3.26. The minimum Gasteiger partial charge on any atom is -0.493 e. The number of carbonyl (C=O) groups excluding carboxylic acids is 2. The smallest absolute Gasteiger partial charge is 0.253 e. The highest BCUT2D eigenvalue weighted by atomic mass is 16.5. The van der Waals surface area contributed by atoms with Crippen molar-refractivity contribution in [2.75, 3.05) is 32.2 Å². The van der Waals surface area contributed by atoms with Crippen LogP contribution in [-0.4, -0.2) is 44.8 Å². The van der Waals surface area contributed by atoms with E-state index in [0.29, 0.717) is 34.9 Å². The minimum atomic E-state index is -0.381. The van der Waals surface area contributed by atoms with E-state index >= 15 is 0 Å². The molecule has 1 unspecified atom stereocenters. The van der Waals surface area contributed by atoms with E-state index in [0.717, 1.165) is 19.4 Å². The van der Waals surface area contributed by atoms with Crippen LogP contribution in [0.5, 0.6) is 11.5 Å². The molecule has 8 heteroatoms. The van der Waals surface area contributed by atoms with Gasteiger partial charge in [-0.15, -0.1) is 0 Å². The first-order chi connectivity index (χ1) is 15.6. The quantitative estimate of drug-likeness (QED) is 0.586. The van der Waals surface area contributed by atoms with Gasteiger partial charge in [-0.1, -0.05) is 18.2 Å². The summed E-state index contributed by atoms with van der Waals surface area (Å²) in [6, 6.07) is 13.8. The Balaban J connectivity index is 1.63. The number of nitrogens with one attached hydrogen (secondary N) is 2. The maximum Gasteiger partial charge on any atom is 0.253 e. The van der Waals surface area contributed by atoms with Gasteiger partial charge in [-0.3, -0.25) is 9.59 Å². The lowest BCUT2D eigenvalue weighted by Gasteiger charge is -2.13. The number of hydrogen-bond acceptors (Lipinski definition) is 6. The zero-order chi connectivity index (χ0) is 22.8. The normalized spacial score (nSPS) is 15.2. The molecule has 1 aliphatic rings. The number of amides is 2. The molecule has 1 atom stereocenters. The van der Waals surface area contributed by atoms with Gasteiger partial charge in [0.2, 0.25) is 5.91 Å². The molecule has 1 fully saturated rings. The lowest BCUT2D eigenvalue weighted by Crippen LogP contribution is -2.32. The Bertz CT molecular complexity index is 1020. The highest BCUT2D eigenvalue weighted by molar-refractivity contribution is 6.07. The lowest BCUT2D eigenvalue weighted by atomic mass is 10.1. The molecule has 1 heterocycles. The molecule has 2 amide bonds. The molecular formula is C24H25N3O5. The Morgan fingerprint density at radius 1 is 1.25 bits per heavy atom. The van der Waals surface area contributed by atoms with Gasteiger partial charge in [0.25, 0.3) is 5.91 Å². The average molecular weight is 435 g/mol. The molecule has 0 radical (unpaired) electrons. The van der Waals surface area contributed by atoms with Crippen molar-refractivity contribution in [3.8, 4) is 17.6 Å². The second kappa shape index (κ2) is 11.5. The monoisotopic (exact) mass is 435 g/mol. The van der Waals surface area contributed by atoms with E-state index in [9.17, 15) is 9.59 Å². The summed E-state index contributed by atoms with van der Waals surface area (Å²) in [5, 5.41) is 14.3. The molecule has 1 aliphatic heterocycles. The van der Waals surface area contributed by atoms with Crippen molar-refractivity contribution in [2.24, 2.45) is 0 Å². The van der Waals surface area contributed by atoms with E-state index < -0.39 is 0 Å². The molecule has 0 spiro atoms. The number of benzene rings is 2. The summed E-state index contributed by atoms with van der Waals surface area (Å²) >= 11 is 0. The fraction of sp³-hybridized carbons (Fsp3) is 0.292.